The fourth-order valence-electron chi connectivity index (χ4n) is 6.38. The zero-order valence-corrected chi connectivity index (χ0v) is 28.9. The van der Waals surface area contributed by atoms with E-state index in [1.54, 1.807) is 31.2 Å². The van der Waals surface area contributed by atoms with E-state index in [0.717, 1.165) is 0 Å². The SMILES string of the molecule is CC(=O)CNC(=O)C1=C(O)c2cc(Cl)ccc2C2(CCC(=O)CC2)C1=O.CC[C@]1(C)C(=O)C(C(=O)NCC(C)=O)=C(O)c2cc(Cl)ccc21. The van der Waals surface area contributed by atoms with E-state index in [1.165, 1.54) is 26.0 Å². The summed E-state index contributed by atoms with van der Waals surface area (Å²) in [6.07, 6.45) is 1.47. The fraction of sp³-hybridized carbons (Fsp3) is 0.361. The summed E-state index contributed by atoms with van der Waals surface area (Å²) < 4.78 is 0. The van der Waals surface area contributed by atoms with Gasteiger partial charge in [0.2, 0.25) is 0 Å². The third kappa shape index (κ3) is 7.09. The predicted molar refractivity (Wildman–Crippen MR) is 182 cm³/mol. The molecule has 0 unspecified atom stereocenters. The monoisotopic (exact) mass is 710 g/mol. The van der Waals surface area contributed by atoms with Crippen molar-refractivity contribution >= 4 is 75.5 Å². The van der Waals surface area contributed by atoms with E-state index in [2.05, 4.69) is 10.6 Å². The number of amides is 2. The van der Waals surface area contributed by atoms with E-state index in [1.807, 2.05) is 6.92 Å². The molecule has 2 aromatic carbocycles. The van der Waals surface area contributed by atoms with Crippen molar-refractivity contribution in [3.8, 4) is 0 Å². The number of aliphatic hydroxyl groups is 2. The minimum atomic E-state index is -1.04. The first-order valence-electron chi connectivity index (χ1n) is 15.6. The molecule has 13 heteroatoms. The summed E-state index contributed by atoms with van der Waals surface area (Å²) in [4.78, 5) is 84.7. The van der Waals surface area contributed by atoms with Crippen molar-refractivity contribution in [3.05, 3.63) is 79.8 Å². The normalized spacial score (nSPS) is 19.4. The summed E-state index contributed by atoms with van der Waals surface area (Å²) in [7, 11) is 0. The van der Waals surface area contributed by atoms with Gasteiger partial charge in [0.25, 0.3) is 11.8 Å². The van der Waals surface area contributed by atoms with Gasteiger partial charge >= 0.3 is 0 Å². The van der Waals surface area contributed by atoms with Gasteiger partial charge in [0.05, 0.1) is 23.9 Å². The maximum atomic E-state index is 13.2. The molecule has 1 atom stereocenters. The number of fused-ring (bicyclic) bond motifs is 3. The van der Waals surface area contributed by atoms with Gasteiger partial charge < -0.3 is 20.8 Å². The van der Waals surface area contributed by atoms with Crippen LogP contribution in [0.25, 0.3) is 11.5 Å². The van der Waals surface area contributed by atoms with E-state index in [9.17, 15) is 43.8 Å². The molecule has 5 rings (SSSR count). The number of aliphatic hydroxyl groups excluding tert-OH is 2. The van der Waals surface area contributed by atoms with Crippen LogP contribution in [0.15, 0.2) is 47.5 Å². The largest absolute Gasteiger partial charge is 0.506 e. The third-order valence-electron chi connectivity index (χ3n) is 9.27. The molecule has 0 saturated heterocycles. The minimum absolute atomic E-state index is 0.0697. The molecule has 4 N–H and O–H groups in total. The zero-order valence-electron chi connectivity index (χ0n) is 27.4. The van der Waals surface area contributed by atoms with Gasteiger partial charge in [0, 0.05) is 34.0 Å². The first kappa shape index (κ1) is 37.2. The van der Waals surface area contributed by atoms with Crippen LogP contribution in [0.5, 0.6) is 0 Å². The number of hydrogen-bond donors (Lipinski definition) is 4. The summed E-state index contributed by atoms with van der Waals surface area (Å²) in [6, 6.07) is 9.68. The molecule has 3 aliphatic rings. The molecule has 49 heavy (non-hydrogen) atoms. The number of hydrogen-bond acceptors (Lipinski definition) is 9. The Kier molecular flexibility index (Phi) is 11.0. The predicted octanol–water partition coefficient (Wildman–Crippen LogP) is 4.84. The number of rotatable bonds is 7. The molecule has 2 aromatic rings. The highest BCUT2D eigenvalue weighted by Crippen LogP contribution is 2.48. The smallest absolute Gasteiger partial charge is 0.259 e. The lowest BCUT2D eigenvalue weighted by atomic mass is 9.61. The van der Waals surface area contributed by atoms with E-state index in [4.69, 9.17) is 23.2 Å². The van der Waals surface area contributed by atoms with E-state index < -0.39 is 45.7 Å². The Morgan fingerprint density at radius 1 is 0.735 bits per heavy atom. The highest BCUT2D eigenvalue weighted by atomic mass is 35.5. The van der Waals surface area contributed by atoms with E-state index in [0.29, 0.717) is 38.7 Å². The molecular formula is C36H36Cl2N2O9. The Bertz CT molecular complexity index is 1870. The Labute approximate surface area is 292 Å². The lowest BCUT2D eigenvalue weighted by Crippen LogP contribution is -2.47. The van der Waals surface area contributed by atoms with Crippen molar-refractivity contribution in [3.63, 3.8) is 0 Å². The van der Waals surface area contributed by atoms with Gasteiger partial charge in [-0.1, -0.05) is 42.3 Å². The number of Topliss-reactive ketones (excluding diaryl/α,β-unsaturated/α-hetero) is 5. The molecule has 2 amide bonds. The minimum Gasteiger partial charge on any atom is -0.506 e. The number of benzene rings is 2. The Balaban J connectivity index is 0.000000223. The molecule has 11 nitrogen and oxygen atoms in total. The summed E-state index contributed by atoms with van der Waals surface area (Å²) in [5, 5.41) is 26.5. The number of halogens is 2. The van der Waals surface area contributed by atoms with Crippen molar-refractivity contribution in [2.45, 2.75) is 70.6 Å². The number of carbonyl (C=O) groups is 7. The molecule has 0 radical (unpaired) electrons. The van der Waals surface area contributed by atoms with Crippen LogP contribution in [0.4, 0.5) is 0 Å². The molecule has 0 bridgehead atoms. The van der Waals surface area contributed by atoms with Crippen LogP contribution in [0.2, 0.25) is 10.0 Å². The van der Waals surface area contributed by atoms with Crippen LogP contribution in [0.3, 0.4) is 0 Å². The fourth-order valence-corrected chi connectivity index (χ4v) is 6.72. The second-order valence-corrected chi connectivity index (χ2v) is 13.4. The van der Waals surface area contributed by atoms with Crippen LogP contribution >= 0.6 is 23.2 Å². The van der Waals surface area contributed by atoms with Crippen LogP contribution < -0.4 is 10.6 Å². The maximum Gasteiger partial charge on any atom is 0.259 e. The van der Waals surface area contributed by atoms with Crippen LogP contribution in [0.1, 0.15) is 82.1 Å². The zero-order chi connectivity index (χ0) is 36.4. The second kappa shape index (κ2) is 14.5. The summed E-state index contributed by atoms with van der Waals surface area (Å²) >= 11 is 12.0. The average molecular weight is 712 g/mol. The molecule has 3 aliphatic carbocycles. The van der Waals surface area contributed by atoms with Gasteiger partial charge in [0.15, 0.2) is 11.6 Å². The highest BCUT2D eigenvalue weighted by molar-refractivity contribution is 6.33. The topological polar surface area (TPSA) is 184 Å². The molecule has 0 aromatic heterocycles. The van der Waals surface area contributed by atoms with Gasteiger partial charge in [-0.15, -0.1) is 0 Å². The van der Waals surface area contributed by atoms with E-state index >= 15 is 0 Å². The number of ketones is 5. The molecule has 1 saturated carbocycles. The van der Waals surface area contributed by atoms with Crippen molar-refractivity contribution in [1.29, 1.82) is 0 Å². The number of nitrogens with one attached hydrogen (secondary N) is 2. The van der Waals surface area contributed by atoms with Crippen LogP contribution in [-0.4, -0.2) is 64.0 Å². The standard InChI is InChI=1S/C19H18ClNO5.C17H18ClNO4/c1-10(22)9-21-18(26)15-16(24)13-8-11(20)2-3-14(13)19(17(15)25)6-4-12(23)5-7-19;1-4-17(3)12-6-5-10(18)7-11(12)14(21)13(15(17)22)16(23)19-8-9(2)20/h2-3,8,24H,4-7,9H2,1H3,(H,21,26);5-7,21H,4,8H2,1-3H3,(H,19,23)/t;17-/m.0/s1. The second-order valence-electron chi connectivity index (χ2n) is 12.6. The lowest BCUT2D eigenvalue weighted by Gasteiger charge is -2.40. The van der Waals surface area contributed by atoms with E-state index in [-0.39, 0.29) is 67.3 Å². The lowest BCUT2D eigenvalue weighted by molar-refractivity contribution is -0.130. The highest BCUT2D eigenvalue weighted by Gasteiger charge is 2.51. The van der Waals surface area contributed by atoms with Crippen molar-refractivity contribution in [2.24, 2.45) is 0 Å². The molecular weight excluding hydrogens is 675 g/mol. The Morgan fingerprint density at radius 3 is 1.61 bits per heavy atom. The van der Waals surface area contributed by atoms with Gasteiger partial charge in [-0.3, -0.25) is 33.6 Å². The maximum absolute atomic E-state index is 13.2. The summed E-state index contributed by atoms with van der Waals surface area (Å²) in [5.74, 6) is -3.84. The summed E-state index contributed by atoms with van der Waals surface area (Å²) in [6.45, 7) is 5.75. The molecule has 1 spiro atoms. The van der Waals surface area contributed by atoms with Gasteiger partial charge in [0.1, 0.15) is 40.0 Å². The average Bonchev–Trinajstić information content (AvgIpc) is 3.05. The third-order valence-corrected chi connectivity index (χ3v) is 9.74. The summed E-state index contributed by atoms with van der Waals surface area (Å²) in [5.41, 5.74) is -0.775. The molecule has 258 valence electrons. The Hall–Kier alpha value is -4.61. The van der Waals surface area contributed by atoms with Crippen LogP contribution in [0, 0.1) is 0 Å². The van der Waals surface area contributed by atoms with Crippen molar-refractivity contribution < 1.29 is 43.8 Å². The van der Waals surface area contributed by atoms with Crippen LogP contribution in [-0.2, 0) is 44.4 Å². The quantitative estimate of drug-likeness (QED) is 0.292. The molecule has 0 heterocycles. The van der Waals surface area contributed by atoms with Gasteiger partial charge in [-0.2, -0.15) is 0 Å². The number of carbonyl (C=O) groups excluding carboxylic acids is 7. The molecule has 0 aliphatic heterocycles. The first-order valence-corrected chi connectivity index (χ1v) is 16.4. The van der Waals surface area contributed by atoms with Gasteiger partial charge in [-0.25, -0.2) is 0 Å². The Morgan fingerprint density at radius 2 is 1.16 bits per heavy atom. The van der Waals surface area contributed by atoms with Crippen molar-refractivity contribution in [2.75, 3.05) is 13.1 Å². The molecule has 1 fully saturated rings. The first-order chi connectivity index (χ1) is 23.0. The van der Waals surface area contributed by atoms with Crippen molar-refractivity contribution in [1.82, 2.24) is 10.6 Å². The van der Waals surface area contributed by atoms with Gasteiger partial charge in [-0.05, 0) is 75.4 Å².